The highest BCUT2D eigenvalue weighted by molar-refractivity contribution is 6.30. The van der Waals surface area contributed by atoms with E-state index in [4.69, 9.17) is 11.6 Å². The monoisotopic (exact) mass is 441 g/mol. The molecule has 1 aliphatic carbocycles. The van der Waals surface area contributed by atoms with Crippen LogP contribution in [0.5, 0.6) is 0 Å². The third kappa shape index (κ3) is 5.10. The molecule has 1 aromatic heterocycles. The Bertz CT molecular complexity index is 892. The first-order valence-electron chi connectivity index (χ1n) is 10.8. The maximum Gasteiger partial charge on any atom is 0.315 e. The average molecular weight is 442 g/mol. The molecule has 1 saturated heterocycles. The molecule has 1 aromatic carbocycles. The second-order valence-electron chi connectivity index (χ2n) is 8.20. The zero-order valence-corrected chi connectivity index (χ0v) is 18.3. The van der Waals surface area contributed by atoms with E-state index in [9.17, 15) is 9.59 Å². The van der Waals surface area contributed by atoms with Crippen LogP contribution in [0.3, 0.4) is 0 Å². The number of benzene rings is 1. The van der Waals surface area contributed by atoms with Gasteiger partial charge in [-0.2, -0.15) is 0 Å². The van der Waals surface area contributed by atoms with Gasteiger partial charge in [0.15, 0.2) is 0 Å². The number of halogens is 1. The van der Waals surface area contributed by atoms with Gasteiger partial charge in [-0.3, -0.25) is 4.79 Å². The maximum atomic E-state index is 13.5. The van der Waals surface area contributed by atoms with Crippen molar-refractivity contribution in [3.05, 3.63) is 59.2 Å². The van der Waals surface area contributed by atoms with Gasteiger partial charge in [0.1, 0.15) is 11.4 Å². The van der Waals surface area contributed by atoms with E-state index in [0.29, 0.717) is 50.6 Å². The van der Waals surface area contributed by atoms with Crippen LogP contribution in [0.2, 0.25) is 5.02 Å². The average Bonchev–Trinajstić information content (AvgIpc) is 3.28. The van der Waals surface area contributed by atoms with Crippen molar-refractivity contribution < 1.29 is 9.59 Å². The number of hydrogen-bond donors (Lipinski definition) is 2. The van der Waals surface area contributed by atoms with Gasteiger partial charge in [0.25, 0.3) is 0 Å². The van der Waals surface area contributed by atoms with Gasteiger partial charge >= 0.3 is 6.03 Å². The molecule has 0 bridgehead atoms. The van der Waals surface area contributed by atoms with Gasteiger partial charge in [0.2, 0.25) is 5.91 Å². The fraction of sp³-hybridized carbons (Fsp3) is 0.435. The van der Waals surface area contributed by atoms with E-state index in [0.717, 1.165) is 24.2 Å². The van der Waals surface area contributed by atoms with Crippen LogP contribution in [-0.4, -0.2) is 53.5 Å². The van der Waals surface area contributed by atoms with Gasteiger partial charge < -0.3 is 20.4 Å². The number of aromatic nitrogens is 1. The predicted octanol–water partition coefficient (Wildman–Crippen LogP) is 3.20. The summed E-state index contributed by atoms with van der Waals surface area (Å²) in [4.78, 5) is 34.5. The van der Waals surface area contributed by atoms with Crippen LogP contribution in [0.25, 0.3) is 0 Å². The minimum atomic E-state index is -0.804. The lowest BCUT2D eigenvalue weighted by Crippen LogP contribution is -2.62. The van der Waals surface area contributed by atoms with Crippen LogP contribution in [0.1, 0.15) is 31.2 Å². The van der Waals surface area contributed by atoms with Crippen molar-refractivity contribution in [1.82, 2.24) is 20.5 Å². The van der Waals surface area contributed by atoms with Crippen LogP contribution >= 0.6 is 11.6 Å². The molecule has 31 heavy (non-hydrogen) atoms. The van der Waals surface area contributed by atoms with Crippen molar-refractivity contribution in [3.63, 3.8) is 0 Å². The summed E-state index contributed by atoms with van der Waals surface area (Å²) in [6.07, 6.45) is 4.89. The summed E-state index contributed by atoms with van der Waals surface area (Å²) in [6, 6.07) is 13.2. The molecule has 2 aliphatic rings. The van der Waals surface area contributed by atoms with E-state index in [1.807, 2.05) is 47.4 Å². The zero-order valence-electron chi connectivity index (χ0n) is 17.5. The molecule has 0 spiro atoms. The molecule has 164 valence electrons. The highest BCUT2D eigenvalue weighted by Gasteiger charge is 2.45. The molecule has 1 aliphatic heterocycles. The summed E-state index contributed by atoms with van der Waals surface area (Å²) >= 11 is 5.93. The molecule has 0 radical (unpaired) electrons. The first-order valence-corrected chi connectivity index (χ1v) is 11.2. The highest BCUT2D eigenvalue weighted by Crippen LogP contribution is 2.32. The van der Waals surface area contributed by atoms with E-state index in [1.54, 1.807) is 6.20 Å². The van der Waals surface area contributed by atoms with Crippen molar-refractivity contribution in [3.8, 4) is 0 Å². The van der Waals surface area contributed by atoms with Crippen LogP contribution in [0, 0.1) is 0 Å². The zero-order chi connectivity index (χ0) is 21.7. The first kappa shape index (κ1) is 21.4. The molecule has 2 heterocycles. The van der Waals surface area contributed by atoms with Crippen LogP contribution in [-0.2, 0) is 11.3 Å². The number of nitrogens with one attached hydrogen (secondary N) is 2. The Hall–Kier alpha value is -2.80. The number of rotatable bonds is 5. The van der Waals surface area contributed by atoms with Crippen molar-refractivity contribution in [2.45, 2.75) is 37.8 Å². The lowest BCUT2D eigenvalue weighted by atomic mass is 9.95. The summed E-state index contributed by atoms with van der Waals surface area (Å²) in [7, 11) is 0. The maximum absolute atomic E-state index is 13.5. The fourth-order valence-corrected chi connectivity index (χ4v) is 4.52. The third-order valence-corrected chi connectivity index (χ3v) is 6.34. The van der Waals surface area contributed by atoms with Crippen molar-refractivity contribution in [2.24, 2.45) is 0 Å². The number of carbonyl (C=O) groups excluding carboxylic acids is 2. The van der Waals surface area contributed by atoms with Crippen molar-refractivity contribution >= 4 is 29.4 Å². The molecular formula is C23H28ClN5O2. The minimum Gasteiger partial charge on any atom is -0.353 e. The van der Waals surface area contributed by atoms with E-state index in [1.165, 1.54) is 0 Å². The smallest absolute Gasteiger partial charge is 0.315 e. The van der Waals surface area contributed by atoms with Gasteiger partial charge in [-0.1, -0.05) is 54.8 Å². The Balaban J connectivity index is 1.34. The molecule has 4 rings (SSSR count). The molecular weight excluding hydrogens is 414 g/mol. The molecule has 7 nitrogen and oxygen atoms in total. The van der Waals surface area contributed by atoms with Crippen LogP contribution in [0.15, 0.2) is 48.7 Å². The lowest BCUT2D eigenvalue weighted by Gasteiger charge is -2.40. The van der Waals surface area contributed by atoms with Gasteiger partial charge in [-0.25, -0.2) is 9.78 Å². The van der Waals surface area contributed by atoms with E-state index in [-0.39, 0.29) is 11.9 Å². The van der Waals surface area contributed by atoms with E-state index >= 15 is 0 Å². The number of urea groups is 1. The molecule has 2 fully saturated rings. The predicted molar refractivity (Wildman–Crippen MR) is 121 cm³/mol. The number of pyridine rings is 1. The quantitative estimate of drug-likeness (QED) is 0.747. The Morgan fingerprint density at radius 2 is 1.71 bits per heavy atom. The second kappa shape index (κ2) is 9.56. The Morgan fingerprint density at radius 1 is 1.00 bits per heavy atom. The molecule has 0 unspecified atom stereocenters. The Morgan fingerprint density at radius 3 is 2.35 bits per heavy atom. The number of hydrogen-bond acceptors (Lipinski definition) is 4. The highest BCUT2D eigenvalue weighted by atomic mass is 35.5. The molecule has 8 heteroatoms. The standard InChI is InChI=1S/C23H28ClN5O2/c24-19-8-9-20(25-17-19)28-12-14-29(15-13-28)21(30)23(10-4-5-11-23)27-22(31)26-16-18-6-2-1-3-7-18/h1-3,6-9,17H,4-5,10-16H2,(H2,26,27,31). The summed E-state index contributed by atoms with van der Waals surface area (Å²) in [6.45, 7) is 3.06. The summed E-state index contributed by atoms with van der Waals surface area (Å²) in [5.41, 5.74) is 0.220. The fourth-order valence-electron chi connectivity index (χ4n) is 4.41. The van der Waals surface area contributed by atoms with Crippen molar-refractivity contribution in [2.75, 3.05) is 31.1 Å². The van der Waals surface area contributed by atoms with Gasteiger partial charge in [-0.05, 0) is 30.5 Å². The van der Waals surface area contributed by atoms with Crippen LogP contribution in [0.4, 0.5) is 10.6 Å². The van der Waals surface area contributed by atoms with Gasteiger partial charge in [0, 0.05) is 38.9 Å². The molecule has 3 amide bonds. The molecule has 1 saturated carbocycles. The second-order valence-corrected chi connectivity index (χ2v) is 8.63. The summed E-state index contributed by atoms with van der Waals surface area (Å²) in [5, 5.41) is 6.53. The summed E-state index contributed by atoms with van der Waals surface area (Å²) in [5.74, 6) is 0.897. The normalized spacial score (nSPS) is 18.0. The number of nitrogens with zero attached hydrogens (tertiary/aromatic N) is 3. The lowest BCUT2D eigenvalue weighted by molar-refractivity contribution is -0.138. The summed E-state index contributed by atoms with van der Waals surface area (Å²) < 4.78 is 0. The van der Waals surface area contributed by atoms with Crippen LogP contribution < -0.4 is 15.5 Å². The SMILES string of the molecule is O=C(NCc1ccccc1)NC1(C(=O)N2CCN(c3ccc(Cl)cn3)CC2)CCCC1. The van der Waals surface area contributed by atoms with E-state index < -0.39 is 5.54 Å². The molecule has 2 aromatic rings. The largest absolute Gasteiger partial charge is 0.353 e. The number of carbonyl (C=O) groups is 2. The van der Waals surface area contributed by atoms with Gasteiger partial charge in [-0.15, -0.1) is 0 Å². The topological polar surface area (TPSA) is 77.6 Å². The van der Waals surface area contributed by atoms with Crippen molar-refractivity contribution in [1.29, 1.82) is 0 Å². The molecule has 2 N–H and O–H groups in total. The molecule has 0 atom stereocenters. The first-order chi connectivity index (χ1) is 15.1. The minimum absolute atomic E-state index is 0.0311. The van der Waals surface area contributed by atoms with Gasteiger partial charge in [0.05, 0.1) is 5.02 Å². The Kier molecular flexibility index (Phi) is 6.61. The number of amides is 3. The number of anilines is 1. The Labute approximate surface area is 187 Å². The number of piperazine rings is 1. The van der Waals surface area contributed by atoms with E-state index in [2.05, 4.69) is 20.5 Å². The third-order valence-electron chi connectivity index (χ3n) is 6.12.